The summed E-state index contributed by atoms with van der Waals surface area (Å²) in [4.78, 5) is 10.8. The third kappa shape index (κ3) is 5.05. The number of hydrogen-bond acceptors (Lipinski definition) is 3. The van der Waals surface area contributed by atoms with Gasteiger partial charge in [-0.1, -0.05) is 39.9 Å². The molecule has 0 aromatic heterocycles. The Morgan fingerprint density at radius 2 is 1.88 bits per heavy atom. The quantitative estimate of drug-likeness (QED) is 0.560. The third-order valence-electron chi connectivity index (χ3n) is 3.38. The van der Waals surface area contributed by atoms with Gasteiger partial charge < -0.3 is 9.47 Å². The van der Waals surface area contributed by atoms with E-state index in [9.17, 15) is 4.79 Å². The van der Waals surface area contributed by atoms with Crippen molar-refractivity contribution in [3.63, 3.8) is 0 Å². The van der Waals surface area contributed by atoms with Gasteiger partial charge in [-0.3, -0.25) is 0 Å². The van der Waals surface area contributed by atoms with Crippen molar-refractivity contribution in [1.29, 1.82) is 0 Å². The molecule has 0 rings (SSSR count). The second-order valence-electron chi connectivity index (χ2n) is 5.86. The molecule has 16 heavy (non-hydrogen) atoms. The second kappa shape index (κ2) is 5.75. The summed E-state index contributed by atoms with van der Waals surface area (Å²) < 4.78 is 9.24. The zero-order valence-corrected chi connectivity index (χ0v) is 12.3. The van der Waals surface area contributed by atoms with Crippen LogP contribution in [0, 0.1) is 0 Å². The van der Waals surface area contributed by atoms with Gasteiger partial charge in [0.1, 0.15) is 0 Å². The fourth-order valence-electron chi connectivity index (χ4n) is 1.25. The number of hydrogen-bond donors (Lipinski definition) is 0. The van der Waals surface area contributed by atoms with Crippen LogP contribution in [-0.2, 0) is 9.47 Å². The van der Waals surface area contributed by atoms with E-state index >= 15 is 0 Å². The van der Waals surface area contributed by atoms with E-state index in [1.165, 1.54) is 7.11 Å². The van der Waals surface area contributed by atoms with Crippen molar-refractivity contribution in [3.8, 4) is 0 Å². The highest BCUT2D eigenvalue weighted by Gasteiger charge is 2.35. The molecule has 3 nitrogen and oxygen atoms in total. The van der Waals surface area contributed by atoms with Gasteiger partial charge in [-0.05, 0) is 10.9 Å². The first-order chi connectivity index (χ1) is 7.10. The van der Waals surface area contributed by atoms with E-state index in [4.69, 9.17) is 12.6 Å². The Bertz CT molecular complexity index is 236. The summed E-state index contributed by atoms with van der Waals surface area (Å²) in [6.07, 6.45) is -0.661. The van der Waals surface area contributed by atoms with E-state index in [0.717, 1.165) is 6.04 Å². The third-order valence-corrected chi connectivity index (χ3v) is 8.99. The minimum absolute atomic E-state index is 0.0972. The lowest BCUT2D eigenvalue weighted by Crippen LogP contribution is -2.38. The van der Waals surface area contributed by atoms with E-state index < -0.39 is 14.2 Å². The Morgan fingerprint density at radius 3 is 2.25 bits per heavy atom. The first-order valence-electron chi connectivity index (χ1n) is 5.56. The number of carbonyl (C=O) groups is 1. The van der Waals surface area contributed by atoms with Crippen LogP contribution in [0.5, 0.6) is 0 Å². The van der Waals surface area contributed by atoms with Crippen molar-refractivity contribution < 1.29 is 14.3 Å². The maximum atomic E-state index is 10.8. The Balaban J connectivity index is 4.14. The van der Waals surface area contributed by atoms with Crippen LogP contribution in [0.1, 0.15) is 20.8 Å². The summed E-state index contributed by atoms with van der Waals surface area (Å²) in [5.74, 6) is -0.0972. The van der Waals surface area contributed by atoms with Crippen LogP contribution >= 0.6 is 0 Å². The molecule has 0 fully saturated rings. The molecular formula is C11H23BO3Si. The lowest BCUT2D eigenvalue weighted by molar-refractivity contribution is 0.0729. The summed E-state index contributed by atoms with van der Waals surface area (Å²) >= 11 is 0. The topological polar surface area (TPSA) is 35.5 Å². The molecule has 0 spiro atoms. The van der Waals surface area contributed by atoms with Crippen molar-refractivity contribution >= 4 is 22.1 Å². The molecule has 0 unspecified atom stereocenters. The van der Waals surface area contributed by atoms with Crippen molar-refractivity contribution in [3.05, 3.63) is 0 Å². The fraction of sp³-hybridized carbons (Fsp3) is 0.909. The monoisotopic (exact) mass is 242 g/mol. The summed E-state index contributed by atoms with van der Waals surface area (Å²) in [6.45, 7) is 11.6. The van der Waals surface area contributed by atoms with E-state index in [1.807, 2.05) is 0 Å². The molecule has 0 saturated carbocycles. The molecule has 0 aliphatic carbocycles. The van der Waals surface area contributed by atoms with Crippen molar-refractivity contribution in [2.24, 2.45) is 0 Å². The maximum Gasteiger partial charge on any atom is 0.507 e. The minimum Gasteiger partial charge on any atom is -0.438 e. The highest BCUT2D eigenvalue weighted by molar-refractivity contribution is 6.80. The number of methoxy groups -OCH3 is 1. The summed E-state index contributed by atoms with van der Waals surface area (Å²) in [7, 11) is 5.85. The number of rotatable bonds is 4. The summed E-state index contributed by atoms with van der Waals surface area (Å²) in [5.41, 5.74) is 0. The van der Waals surface area contributed by atoms with Crippen molar-refractivity contribution in [2.75, 3.05) is 13.7 Å². The molecule has 0 aromatic carbocycles. The minimum atomic E-state index is -1.41. The average molecular weight is 242 g/mol. The van der Waals surface area contributed by atoms with Gasteiger partial charge in [0.15, 0.2) is 0 Å². The number of ether oxygens (including phenoxy) is 2. The number of carbonyl (C=O) groups excluding carboxylic acids is 1. The molecule has 0 aliphatic heterocycles. The highest BCUT2D eigenvalue weighted by Crippen LogP contribution is 2.41. The van der Waals surface area contributed by atoms with Crippen molar-refractivity contribution in [1.82, 2.24) is 0 Å². The molecule has 5 heteroatoms. The molecule has 1 atom stereocenters. The smallest absolute Gasteiger partial charge is 0.438 e. The molecular weight excluding hydrogens is 219 g/mol. The standard InChI is InChI=1S/C11H23BO3Si/c1-11(2,3)16(5,6)8-9(12)7-15-10(13)14-4/h9H,7-8H2,1-6H3/t9-/m0/s1. The van der Waals surface area contributed by atoms with Gasteiger partial charge in [-0.25, -0.2) is 4.79 Å². The van der Waals surface area contributed by atoms with Crippen LogP contribution in [-0.4, -0.2) is 35.8 Å². The van der Waals surface area contributed by atoms with Crippen LogP contribution in [0.15, 0.2) is 0 Å². The Labute approximate surface area is 101 Å². The van der Waals surface area contributed by atoms with E-state index in [2.05, 4.69) is 38.6 Å². The zero-order chi connectivity index (χ0) is 13.0. The molecule has 0 amide bonds. The first kappa shape index (κ1) is 15.6. The van der Waals surface area contributed by atoms with Crippen LogP contribution in [0.4, 0.5) is 4.79 Å². The fourth-order valence-corrected chi connectivity index (χ4v) is 3.30. The largest absolute Gasteiger partial charge is 0.507 e. The van der Waals surface area contributed by atoms with Gasteiger partial charge in [0.25, 0.3) is 0 Å². The van der Waals surface area contributed by atoms with Gasteiger partial charge in [0, 0.05) is 0 Å². The van der Waals surface area contributed by atoms with E-state index in [0.29, 0.717) is 5.04 Å². The summed E-state index contributed by atoms with van der Waals surface area (Å²) in [5, 5.41) is 0.301. The second-order valence-corrected chi connectivity index (χ2v) is 11.5. The van der Waals surface area contributed by atoms with Crippen LogP contribution in [0.2, 0.25) is 30.0 Å². The summed E-state index contributed by atoms with van der Waals surface area (Å²) in [6, 6.07) is 0.938. The average Bonchev–Trinajstić information content (AvgIpc) is 2.11. The molecule has 0 bridgehead atoms. The van der Waals surface area contributed by atoms with E-state index in [1.54, 1.807) is 0 Å². The molecule has 0 heterocycles. The van der Waals surface area contributed by atoms with Crippen LogP contribution in [0.25, 0.3) is 0 Å². The predicted octanol–water partition coefficient (Wildman–Crippen LogP) is 3.23. The molecule has 0 saturated heterocycles. The van der Waals surface area contributed by atoms with Gasteiger partial charge in [-0.15, -0.1) is 0 Å². The van der Waals surface area contributed by atoms with Gasteiger partial charge in [0.05, 0.1) is 29.6 Å². The zero-order valence-electron chi connectivity index (χ0n) is 11.3. The molecule has 0 aromatic rings. The molecule has 0 N–H and O–H groups in total. The van der Waals surface area contributed by atoms with Gasteiger partial charge in [-0.2, -0.15) is 0 Å². The lowest BCUT2D eigenvalue weighted by atomic mass is 9.90. The Kier molecular flexibility index (Phi) is 5.59. The Morgan fingerprint density at radius 1 is 1.38 bits per heavy atom. The molecule has 0 aliphatic rings. The van der Waals surface area contributed by atoms with Crippen molar-refractivity contribution in [2.45, 2.75) is 50.8 Å². The van der Waals surface area contributed by atoms with Gasteiger partial charge >= 0.3 is 6.16 Å². The first-order valence-corrected chi connectivity index (χ1v) is 8.77. The lowest BCUT2D eigenvalue weighted by Gasteiger charge is -2.38. The van der Waals surface area contributed by atoms with Crippen LogP contribution < -0.4 is 0 Å². The van der Waals surface area contributed by atoms with Gasteiger partial charge in [0.2, 0.25) is 0 Å². The van der Waals surface area contributed by atoms with E-state index in [-0.39, 0.29) is 12.4 Å². The SMILES string of the molecule is [B][C@@H](COC(=O)OC)C[Si](C)(C)C(C)(C)C. The predicted molar refractivity (Wildman–Crippen MR) is 69.9 cm³/mol. The van der Waals surface area contributed by atoms with Crippen LogP contribution in [0.3, 0.4) is 0 Å². The Hall–Kier alpha value is -0.448. The normalized spacial score (nSPS) is 14.4. The highest BCUT2D eigenvalue weighted by atomic mass is 28.3. The maximum absolute atomic E-state index is 10.8. The molecule has 92 valence electrons. The molecule has 2 radical (unpaired) electrons.